The Morgan fingerprint density at radius 1 is 0.850 bits per heavy atom. The summed E-state index contributed by atoms with van der Waals surface area (Å²) in [6.07, 6.45) is 1.62. The molecule has 3 aromatic rings. The van der Waals surface area contributed by atoms with Gasteiger partial charge in [-0.25, -0.2) is 4.39 Å². The van der Waals surface area contributed by atoms with Gasteiger partial charge in [0, 0.05) is 27.4 Å². The molecule has 100 valence electrons. The highest BCUT2D eigenvalue weighted by atomic mass is 35.5. The van der Waals surface area contributed by atoms with Crippen molar-refractivity contribution in [3.05, 3.63) is 70.6 Å². The first-order valence-corrected chi connectivity index (χ1v) is 6.79. The molecule has 0 aliphatic carbocycles. The minimum atomic E-state index is -0.311. The molecule has 1 nitrogen and oxygen atoms in total. The monoisotopic (exact) mass is 305 g/mol. The highest BCUT2D eigenvalue weighted by molar-refractivity contribution is 6.35. The summed E-state index contributed by atoms with van der Waals surface area (Å²) < 4.78 is 14.5. The van der Waals surface area contributed by atoms with Crippen molar-refractivity contribution in [1.29, 1.82) is 0 Å². The topological polar surface area (TPSA) is 15.8 Å². The van der Waals surface area contributed by atoms with Crippen molar-refractivity contribution in [2.75, 3.05) is 0 Å². The maximum Gasteiger partial charge on any atom is 0.156 e. The second-order valence-corrected chi connectivity index (χ2v) is 5.29. The van der Waals surface area contributed by atoms with E-state index in [1.807, 2.05) is 30.3 Å². The number of aromatic nitrogens is 1. The van der Waals surface area contributed by atoms with Gasteiger partial charge in [0.05, 0.1) is 5.69 Å². The summed E-state index contributed by atoms with van der Waals surface area (Å²) in [6, 6.07) is 14.3. The van der Waals surface area contributed by atoms with Gasteiger partial charge < -0.3 is 4.98 Å². The lowest BCUT2D eigenvalue weighted by Gasteiger charge is -2.02. The summed E-state index contributed by atoms with van der Waals surface area (Å²) in [5.41, 5.74) is 2.35. The van der Waals surface area contributed by atoms with Crippen molar-refractivity contribution in [2.24, 2.45) is 0 Å². The number of benzene rings is 2. The van der Waals surface area contributed by atoms with Gasteiger partial charge in [0.15, 0.2) is 5.82 Å². The standard InChI is InChI=1S/C16H10Cl2FN/c17-12-6-11(7-13(18)8-12)14-9-20-16(15(14)19)10-4-2-1-3-5-10/h1-9,20H. The molecule has 1 aromatic heterocycles. The van der Waals surface area contributed by atoms with Crippen LogP contribution in [0.15, 0.2) is 54.7 Å². The molecular formula is C16H10Cl2FN. The number of H-pyrrole nitrogens is 1. The van der Waals surface area contributed by atoms with Crippen molar-refractivity contribution in [1.82, 2.24) is 4.98 Å². The summed E-state index contributed by atoms with van der Waals surface area (Å²) in [5.74, 6) is -0.311. The molecule has 1 N–H and O–H groups in total. The van der Waals surface area contributed by atoms with Crippen molar-refractivity contribution >= 4 is 23.2 Å². The van der Waals surface area contributed by atoms with Gasteiger partial charge in [0.2, 0.25) is 0 Å². The SMILES string of the molecule is Fc1c(-c2cc(Cl)cc(Cl)c2)c[nH]c1-c1ccccc1. The minimum absolute atomic E-state index is 0.311. The van der Waals surface area contributed by atoms with Gasteiger partial charge in [-0.1, -0.05) is 53.5 Å². The van der Waals surface area contributed by atoms with Crippen LogP contribution in [0.4, 0.5) is 4.39 Å². The fourth-order valence-electron chi connectivity index (χ4n) is 2.14. The van der Waals surface area contributed by atoms with E-state index in [1.54, 1.807) is 24.4 Å². The molecule has 1 heterocycles. The van der Waals surface area contributed by atoms with E-state index in [0.717, 1.165) is 5.56 Å². The lowest BCUT2D eigenvalue weighted by Crippen LogP contribution is -1.83. The molecule has 0 fully saturated rings. The van der Waals surface area contributed by atoms with Crippen LogP contribution in [0.1, 0.15) is 0 Å². The molecule has 0 bridgehead atoms. The van der Waals surface area contributed by atoms with E-state index in [4.69, 9.17) is 23.2 Å². The third-order valence-corrected chi connectivity index (χ3v) is 3.49. The van der Waals surface area contributed by atoms with E-state index in [1.165, 1.54) is 0 Å². The molecule has 0 aliphatic heterocycles. The quantitative estimate of drug-likeness (QED) is 0.616. The maximum absolute atomic E-state index is 14.5. The Morgan fingerprint density at radius 3 is 2.15 bits per heavy atom. The van der Waals surface area contributed by atoms with Gasteiger partial charge in [-0.05, 0) is 23.8 Å². The third kappa shape index (κ3) is 2.45. The number of rotatable bonds is 2. The van der Waals surface area contributed by atoms with Crippen LogP contribution in [0.3, 0.4) is 0 Å². The number of hydrogen-bond donors (Lipinski definition) is 1. The molecule has 0 spiro atoms. The average molecular weight is 306 g/mol. The van der Waals surface area contributed by atoms with Crippen LogP contribution >= 0.6 is 23.2 Å². The summed E-state index contributed by atoms with van der Waals surface area (Å²) >= 11 is 11.9. The van der Waals surface area contributed by atoms with Gasteiger partial charge >= 0.3 is 0 Å². The van der Waals surface area contributed by atoms with Crippen LogP contribution < -0.4 is 0 Å². The Bertz CT molecular complexity index is 730. The Morgan fingerprint density at radius 2 is 1.50 bits per heavy atom. The molecule has 0 saturated carbocycles. The lowest BCUT2D eigenvalue weighted by atomic mass is 10.1. The predicted molar refractivity (Wildman–Crippen MR) is 81.6 cm³/mol. The zero-order valence-electron chi connectivity index (χ0n) is 10.3. The van der Waals surface area contributed by atoms with Gasteiger partial charge in [0.25, 0.3) is 0 Å². The molecule has 20 heavy (non-hydrogen) atoms. The zero-order chi connectivity index (χ0) is 14.1. The molecule has 0 unspecified atom stereocenters. The Balaban J connectivity index is 2.11. The molecular weight excluding hydrogens is 296 g/mol. The van der Waals surface area contributed by atoms with Gasteiger partial charge in [-0.3, -0.25) is 0 Å². The first-order valence-electron chi connectivity index (χ1n) is 6.04. The highest BCUT2D eigenvalue weighted by Crippen LogP contribution is 2.33. The molecule has 0 radical (unpaired) electrons. The average Bonchev–Trinajstić information content (AvgIpc) is 2.80. The first kappa shape index (κ1) is 13.2. The van der Waals surface area contributed by atoms with Crippen LogP contribution in [0.5, 0.6) is 0 Å². The second kappa shape index (κ2) is 5.31. The van der Waals surface area contributed by atoms with Gasteiger partial charge in [-0.15, -0.1) is 0 Å². The fraction of sp³-hybridized carbons (Fsp3) is 0. The number of nitrogens with one attached hydrogen (secondary N) is 1. The molecule has 4 heteroatoms. The smallest absolute Gasteiger partial charge is 0.156 e. The molecule has 3 rings (SSSR count). The maximum atomic E-state index is 14.5. The number of aromatic amines is 1. The largest absolute Gasteiger partial charge is 0.358 e. The molecule has 0 amide bonds. The van der Waals surface area contributed by atoms with Gasteiger partial charge in [0.1, 0.15) is 0 Å². The highest BCUT2D eigenvalue weighted by Gasteiger charge is 2.14. The van der Waals surface area contributed by atoms with E-state index in [2.05, 4.69) is 4.98 Å². The number of halogens is 3. The van der Waals surface area contributed by atoms with Crippen molar-refractivity contribution < 1.29 is 4.39 Å². The van der Waals surface area contributed by atoms with E-state index < -0.39 is 0 Å². The van der Waals surface area contributed by atoms with Gasteiger partial charge in [-0.2, -0.15) is 0 Å². The molecule has 2 aromatic carbocycles. The molecule has 0 saturated heterocycles. The van der Waals surface area contributed by atoms with E-state index >= 15 is 0 Å². The summed E-state index contributed by atoms with van der Waals surface area (Å²) in [7, 11) is 0. The van der Waals surface area contributed by atoms with E-state index in [-0.39, 0.29) is 5.82 Å². The minimum Gasteiger partial charge on any atom is -0.358 e. The summed E-state index contributed by atoms with van der Waals surface area (Å²) in [5, 5.41) is 0.962. The van der Waals surface area contributed by atoms with Crippen LogP contribution in [0.2, 0.25) is 10.0 Å². The normalized spacial score (nSPS) is 10.8. The van der Waals surface area contributed by atoms with Crippen molar-refractivity contribution in [3.63, 3.8) is 0 Å². The van der Waals surface area contributed by atoms with E-state index in [9.17, 15) is 4.39 Å². The van der Waals surface area contributed by atoms with Crippen LogP contribution in [-0.2, 0) is 0 Å². The van der Waals surface area contributed by atoms with E-state index in [0.29, 0.717) is 26.9 Å². The lowest BCUT2D eigenvalue weighted by molar-refractivity contribution is 0.636. The zero-order valence-corrected chi connectivity index (χ0v) is 11.8. The van der Waals surface area contributed by atoms with Crippen LogP contribution in [0, 0.1) is 5.82 Å². The summed E-state index contributed by atoms with van der Waals surface area (Å²) in [6.45, 7) is 0. The second-order valence-electron chi connectivity index (χ2n) is 4.42. The Kier molecular flexibility index (Phi) is 3.51. The Labute approximate surface area is 126 Å². The summed E-state index contributed by atoms with van der Waals surface area (Å²) in [4.78, 5) is 2.97. The molecule has 0 aliphatic rings. The van der Waals surface area contributed by atoms with Crippen LogP contribution in [0.25, 0.3) is 22.4 Å². The third-order valence-electron chi connectivity index (χ3n) is 3.05. The van der Waals surface area contributed by atoms with Crippen molar-refractivity contribution in [3.8, 4) is 22.4 Å². The fourth-order valence-corrected chi connectivity index (χ4v) is 2.67. The molecule has 0 atom stereocenters. The number of hydrogen-bond acceptors (Lipinski definition) is 0. The Hall–Kier alpha value is -1.77. The first-order chi connectivity index (χ1) is 9.65. The van der Waals surface area contributed by atoms with Crippen LogP contribution in [-0.4, -0.2) is 4.98 Å². The van der Waals surface area contributed by atoms with Crippen molar-refractivity contribution in [2.45, 2.75) is 0 Å². The predicted octanol–water partition coefficient (Wildman–Crippen LogP) is 5.79.